The highest BCUT2D eigenvalue weighted by Gasteiger charge is 2.17. The van der Waals surface area contributed by atoms with E-state index in [9.17, 15) is 19.7 Å². The van der Waals surface area contributed by atoms with Gasteiger partial charge in [0.2, 0.25) is 5.91 Å². The van der Waals surface area contributed by atoms with Crippen molar-refractivity contribution in [2.24, 2.45) is 0 Å². The molecule has 2 amide bonds. The predicted molar refractivity (Wildman–Crippen MR) is 83.9 cm³/mol. The van der Waals surface area contributed by atoms with Gasteiger partial charge in [-0.25, -0.2) is 0 Å². The van der Waals surface area contributed by atoms with Gasteiger partial charge in [0.05, 0.1) is 19.2 Å². The van der Waals surface area contributed by atoms with Crippen molar-refractivity contribution in [1.82, 2.24) is 5.32 Å². The molecule has 0 aliphatic heterocycles. The van der Waals surface area contributed by atoms with E-state index in [0.717, 1.165) is 12.1 Å². The van der Waals surface area contributed by atoms with Gasteiger partial charge in [-0.05, 0) is 37.3 Å². The van der Waals surface area contributed by atoms with Crippen LogP contribution in [0.15, 0.2) is 40.8 Å². The number of amides is 2. The van der Waals surface area contributed by atoms with Crippen molar-refractivity contribution in [1.29, 1.82) is 0 Å². The smallest absolute Gasteiger partial charge is 0.433 e. The Morgan fingerprint density at radius 2 is 1.92 bits per heavy atom. The first-order valence-corrected chi connectivity index (χ1v) is 7.04. The topological polar surface area (TPSA) is 124 Å². The molecule has 0 atom stereocenters. The van der Waals surface area contributed by atoms with E-state index in [2.05, 4.69) is 10.6 Å². The number of furan rings is 1. The van der Waals surface area contributed by atoms with Crippen molar-refractivity contribution in [3.63, 3.8) is 0 Å². The van der Waals surface area contributed by atoms with Crippen molar-refractivity contribution in [2.75, 3.05) is 18.5 Å². The fourth-order valence-electron chi connectivity index (χ4n) is 1.80. The standard InChI is InChI=1S/C15H15N3O6/c1-2-23-11-5-3-10(4-6-11)17-13(19)9-16-15(20)12-7-8-14(24-12)18(21)22/h3-8H,2,9H2,1H3,(H,16,20)(H,17,19). The number of rotatable bonds is 7. The van der Waals surface area contributed by atoms with Crippen LogP contribution in [0.1, 0.15) is 17.5 Å². The van der Waals surface area contributed by atoms with Gasteiger partial charge in [0.1, 0.15) is 10.7 Å². The van der Waals surface area contributed by atoms with Crippen molar-refractivity contribution < 1.29 is 23.7 Å². The molecule has 0 fully saturated rings. The summed E-state index contributed by atoms with van der Waals surface area (Å²) >= 11 is 0. The van der Waals surface area contributed by atoms with Crippen LogP contribution in [-0.2, 0) is 4.79 Å². The van der Waals surface area contributed by atoms with E-state index in [4.69, 9.17) is 9.15 Å². The molecule has 1 aromatic heterocycles. The molecule has 0 radical (unpaired) electrons. The molecule has 2 rings (SSSR count). The highest BCUT2D eigenvalue weighted by molar-refractivity contribution is 5.98. The van der Waals surface area contributed by atoms with Gasteiger partial charge < -0.3 is 19.8 Å². The minimum atomic E-state index is -0.755. The van der Waals surface area contributed by atoms with Gasteiger partial charge >= 0.3 is 5.88 Å². The molecule has 126 valence electrons. The zero-order valence-corrected chi connectivity index (χ0v) is 12.8. The van der Waals surface area contributed by atoms with Gasteiger partial charge in [-0.2, -0.15) is 0 Å². The lowest BCUT2D eigenvalue weighted by Gasteiger charge is -2.07. The van der Waals surface area contributed by atoms with Crippen LogP contribution < -0.4 is 15.4 Å². The molecular weight excluding hydrogens is 318 g/mol. The highest BCUT2D eigenvalue weighted by atomic mass is 16.6. The number of anilines is 1. The Morgan fingerprint density at radius 3 is 2.50 bits per heavy atom. The third-order valence-corrected chi connectivity index (χ3v) is 2.85. The SMILES string of the molecule is CCOc1ccc(NC(=O)CNC(=O)c2ccc([N+](=O)[O-])o2)cc1. The maximum absolute atomic E-state index is 11.8. The van der Waals surface area contributed by atoms with Crippen LogP contribution in [0, 0.1) is 10.1 Å². The molecule has 0 saturated heterocycles. The summed E-state index contributed by atoms with van der Waals surface area (Å²) in [5.41, 5.74) is 0.548. The highest BCUT2D eigenvalue weighted by Crippen LogP contribution is 2.16. The lowest BCUT2D eigenvalue weighted by molar-refractivity contribution is -0.402. The first kappa shape index (κ1) is 17.0. The quantitative estimate of drug-likeness (QED) is 0.589. The van der Waals surface area contributed by atoms with Crippen LogP contribution in [0.3, 0.4) is 0 Å². The van der Waals surface area contributed by atoms with E-state index < -0.39 is 22.6 Å². The molecule has 0 aliphatic rings. The summed E-state index contributed by atoms with van der Waals surface area (Å²) in [7, 11) is 0. The predicted octanol–water partition coefficient (Wildman–Crippen LogP) is 1.95. The fourth-order valence-corrected chi connectivity index (χ4v) is 1.80. The maximum Gasteiger partial charge on any atom is 0.433 e. The molecule has 0 bridgehead atoms. The van der Waals surface area contributed by atoms with E-state index >= 15 is 0 Å². The normalized spacial score (nSPS) is 10.0. The average molecular weight is 333 g/mol. The molecule has 1 heterocycles. The Hall–Kier alpha value is -3.36. The van der Waals surface area contributed by atoms with E-state index in [1.165, 1.54) is 0 Å². The van der Waals surface area contributed by atoms with Crippen molar-refractivity contribution >= 4 is 23.4 Å². The second kappa shape index (κ2) is 7.77. The number of nitro groups is 1. The Bertz CT molecular complexity index is 738. The molecule has 0 unspecified atom stereocenters. The first-order chi connectivity index (χ1) is 11.5. The molecule has 0 saturated carbocycles. The number of hydrogen-bond acceptors (Lipinski definition) is 6. The molecule has 2 N–H and O–H groups in total. The molecule has 9 nitrogen and oxygen atoms in total. The zero-order valence-electron chi connectivity index (χ0n) is 12.8. The molecule has 2 aromatic rings. The van der Waals surface area contributed by atoms with Gasteiger partial charge in [-0.15, -0.1) is 0 Å². The zero-order chi connectivity index (χ0) is 17.5. The fraction of sp³-hybridized carbons (Fsp3) is 0.200. The Labute approximate surface area is 136 Å². The third-order valence-electron chi connectivity index (χ3n) is 2.85. The number of hydrogen-bond donors (Lipinski definition) is 2. The Kier molecular flexibility index (Phi) is 5.50. The number of benzene rings is 1. The van der Waals surface area contributed by atoms with Crippen LogP contribution in [0.2, 0.25) is 0 Å². The largest absolute Gasteiger partial charge is 0.494 e. The lowest BCUT2D eigenvalue weighted by Crippen LogP contribution is -2.32. The summed E-state index contributed by atoms with van der Waals surface area (Å²) < 4.78 is 10.0. The number of nitrogens with zero attached hydrogens (tertiary/aromatic N) is 1. The van der Waals surface area contributed by atoms with Gasteiger partial charge in [0.25, 0.3) is 5.91 Å². The van der Waals surface area contributed by atoms with Gasteiger partial charge in [0, 0.05) is 5.69 Å². The summed E-state index contributed by atoms with van der Waals surface area (Å²) in [6.45, 7) is 2.11. The second-order valence-corrected chi connectivity index (χ2v) is 4.58. The Morgan fingerprint density at radius 1 is 1.21 bits per heavy atom. The minimum absolute atomic E-state index is 0.240. The van der Waals surface area contributed by atoms with Gasteiger partial charge in [-0.3, -0.25) is 19.7 Å². The van der Waals surface area contributed by atoms with Crippen LogP contribution in [0.4, 0.5) is 11.6 Å². The Balaban J connectivity index is 1.83. The first-order valence-electron chi connectivity index (χ1n) is 7.04. The molecule has 9 heteroatoms. The van der Waals surface area contributed by atoms with Crippen LogP contribution in [0.5, 0.6) is 5.75 Å². The van der Waals surface area contributed by atoms with Gasteiger partial charge in [-0.1, -0.05) is 0 Å². The lowest BCUT2D eigenvalue weighted by atomic mass is 10.3. The summed E-state index contributed by atoms with van der Waals surface area (Å²) in [4.78, 5) is 33.2. The number of ether oxygens (including phenoxy) is 1. The summed E-state index contributed by atoms with van der Waals surface area (Å²) in [6.07, 6.45) is 0. The van der Waals surface area contributed by atoms with Crippen molar-refractivity contribution in [3.05, 3.63) is 52.3 Å². The van der Waals surface area contributed by atoms with Crippen LogP contribution in [-0.4, -0.2) is 29.9 Å². The number of carbonyl (C=O) groups is 2. The summed E-state index contributed by atoms with van der Waals surface area (Å²) in [5, 5.41) is 15.4. The minimum Gasteiger partial charge on any atom is -0.494 e. The maximum atomic E-state index is 11.8. The number of nitrogens with one attached hydrogen (secondary N) is 2. The van der Waals surface area contributed by atoms with E-state index in [-0.39, 0.29) is 12.3 Å². The average Bonchev–Trinajstić information content (AvgIpc) is 3.05. The van der Waals surface area contributed by atoms with E-state index in [1.54, 1.807) is 24.3 Å². The molecule has 0 spiro atoms. The third kappa shape index (κ3) is 4.57. The monoisotopic (exact) mass is 333 g/mol. The second-order valence-electron chi connectivity index (χ2n) is 4.58. The van der Waals surface area contributed by atoms with E-state index in [0.29, 0.717) is 18.0 Å². The van der Waals surface area contributed by atoms with Crippen molar-refractivity contribution in [3.8, 4) is 5.75 Å². The van der Waals surface area contributed by atoms with Crippen molar-refractivity contribution in [2.45, 2.75) is 6.92 Å². The molecular formula is C15H15N3O6. The molecule has 24 heavy (non-hydrogen) atoms. The van der Waals surface area contributed by atoms with E-state index in [1.807, 2.05) is 6.92 Å². The number of carbonyl (C=O) groups excluding carboxylic acids is 2. The van der Waals surface area contributed by atoms with Crippen LogP contribution in [0.25, 0.3) is 0 Å². The van der Waals surface area contributed by atoms with Gasteiger partial charge in [0.15, 0.2) is 5.76 Å². The molecule has 0 aliphatic carbocycles. The molecule has 1 aromatic carbocycles. The summed E-state index contributed by atoms with van der Waals surface area (Å²) in [5.74, 6) is -1.27. The van der Waals surface area contributed by atoms with Crippen LogP contribution >= 0.6 is 0 Å². The summed E-state index contributed by atoms with van der Waals surface area (Å²) in [6, 6.07) is 8.98.